The molecular weight excluding hydrogens is 144 g/mol. The highest BCUT2D eigenvalue weighted by Crippen LogP contribution is 1.94. The predicted octanol–water partition coefficient (Wildman–Crippen LogP) is -1.11. The van der Waals surface area contributed by atoms with Crippen molar-refractivity contribution in [2.24, 2.45) is 5.84 Å². The third-order valence-electron chi connectivity index (χ3n) is 1.31. The SMILES string of the molecule is NNC([C]=O)Cc1c[nH]cn1. The summed E-state index contributed by atoms with van der Waals surface area (Å²) in [7, 11) is 0. The quantitative estimate of drug-likeness (QED) is 0.378. The molecule has 1 atom stereocenters. The number of hydrogen-bond acceptors (Lipinski definition) is 4. The second kappa shape index (κ2) is 3.85. The molecule has 1 aromatic rings. The van der Waals surface area contributed by atoms with E-state index in [0.29, 0.717) is 6.42 Å². The molecule has 0 bridgehead atoms. The van der Waals surface area contributed by atoms with Gasteiger partial charge >= 0.3 is 0 Å². The smallest absolute Gasteiger partial charge is 0.218 e. The Hall–Kier alpha value is -1.20. The zero-order chi connectivity index (χ0) is 8.10. The molecule has 1 rings (SSSR count). The monoisotopic (exact) mass is 153 g/mol. The van der Waals surface area contributed by atoms with Gasteiger partial charge in [-0.25, -0.2) is 10.4 Å². The van der Waals surface area contributed by atoms with E-state index < -0.39 is 6.04 Å². The molecular formula is C6H9N4O. The number of hydrazine groups is 1. The highest BCUT2D eigenvalue weighted by molar-refractivity contribution is 5.58. The van der Waals surface area contributed by atoms with E-state index in [4.69, 9.17) is 5.84 Å². The van der Waals surface area contributed by atoms with Crippen LogP contribution in [0.15, 0.2) is 12.5 Å². The van der Waals surface area contributed by atoms with Crippen LogP contribution in [0.25, 0.3) is 0 Å². The summed E-state index contributed by atoms with van der Waals surface area (Å²) >= 11 is 0. The minimum atomic E-state index is -0.474. The van der Waals surface area contributed by atoms with E-state index in [1.165, 1.54) is 0 Å². The van der Waals surface area contributed by atoms with Crippen LogP contribution in [0.4, 0.5) is 0 Å². The third-order valence-corrected chi connectivity index (χ3v) is 1.31. The number of aromatic amines is 1. The summed E-state index contributed by atoms with van der Waals surface area (Å²) in [6.07, 6.45) is 5.47. The molecule has 0 aliphatic heterocycles. The molecule has 59 valence electrons. The van der Waals surface area contributed by atoms with Crippen molar-refractivity contribution in [3.63, 3.8) is 0 Å². The van der Waals surface area contributed by atoms with Crippen LogP contribution in [0.3, 0.4) is 0 Å². The van der Waals surface area contributed by atoms with Gasteiger partial charge in [-0.15, -0.1) is 0 Å². The molecule has 0 aliphatic rings. The van der Waals surface area contributed by atoms with Crippen molar-refractivity contribution in [2.45, 2.75) is 12.5 Å². The van der Waals surface area contributed by atoms with Crippen LogP contribution in [0.1, 0.15) is 5.69 Å². The average Bonchev–Trinajstić information content (AvgIpc) is 2.52. The molecule has 0 saturated carbocycles. The summed E-state index contributed by atoms with van der Waals surface area (Å²) in [5.41, 5.74) is 3.10. The van der Waals surface area contributed by atoms with Gasteiger partial charge in [0.25, 0.3) is 0 Å². The number of imidazole rings is 1. The number of nitrogens with one attached hydrogen (secondary N) is 2. The minimum absolute atomic E-state index is 0.462. The molecule has 0 saturated heterocycles. The Labute approximate surface area is 64.0 Å². The third kappa shape index (κ3) is 2.14. The highest BCUT2D eigenvalue weighted by Gasteiger charge is 2.07. The van der Waals surface area contributed by atoms with Gasteiger partial charge in [0.15, 0.2) is 0 Å². The van der Waals surface area contributed by atoms with E-state index >= 15 is 0 Å². The van der Waals surface area contributed by atoms with E-state index in [2.05, 4.69) is 15.4 Å². The van der Waals surface area contributed by atoms with Gasteiger partial charge in [0.05, 0.1) is 18.1 Å². The largest absolute Gasteiger partial charge is 0.351 e. The summed E-state index contributed by atoms with van der Waals surface area (Å²) in [6.45, 7) is 0. The van der Waals surface area contributed by atoms with Gasteiger partial charge in [-0.1, -0.05) is 0 Å². The topological polar surface area (TPSA) is 83.8 Å². The van der Waals surface area contributed by atoms with Crippen molar-refractivity contribution in [3.05, 3.63) is 18.2 Å². The molecule has 5 nitrogen and oxygen atoms in total. The van der Waals surface area contributed by atoms with E-state index in [1.54, 1.807) is 18.8 Å². The number of nitrogens with two attached hydrogens (primary N) is 1. The Morgan fingerprint density at radius 3 is 3.18 bits per heavy atom. The van der Waals surface area contributed by atoms with Gasteiger partial charge in [-0.3, -0.25) is 10.6 Å². The standard InChI is InChI=1S/C6H9N4O/c7-10-6(3-11)1-5-2-8-4-9-5/h2,4,6,10H,1,7H2,(H,8,9). The number of H-pyrrole nitrogens is 1. The fourth-order valence-corrected chi connectivity index (χ4v) is 0.746. The van der Waals surface area contributed by atoms with Gasteiger partial charge in [0, 0.05) is 12.6 Å². The maximum Gasteiger partial charge on any atom is 0.218 e. The van der Waals surface area contributed by atoms with Gasteiger partial charge in [-0.05, 0) is 0 Å². The van der Waals surface area contributed by atoms with Crippen molar-refractivity contribution in [2.75, 3.05) is 0 Å². The van der Waals surface area contributed by atoms with Gasteiger partial charge in [-0.2, -0.15) is 0 Å². The van der Waals surface area contributed by atoms with Gasteiger partial charge in [0.1, 0.15) is 0 Å². The molecule has 1 unspecified atom stereocenters. The molecule has 4 N–H and O–H groups in total. The van der Waals surface area contributed by atoms with Crippen LogP contribution in [-0.2, 0) is 11.2 Å². The molecule has 0 aromatic carbocycles. The van der Waals surface area contributed by atoms with Crippen LogP contribution in [0.5, 0.6) is 0 Å². The molecule has 1 heterocycles. The van der Waals surface area contributed by atoms with Crippen molar-refractivity contribution < 1.29 is 4.79 Å². The van der Waals surface area contributed by atoms with Gasteiger partial charge < -0.3 is 4.98 Å². The first kappa shape index (κ1) is 7.90. The van der Waals surface area contributed by atoms with Crippen LogP contribution >= 0.6 is 0 Å². The Morgan fingerprint density at radius 1 is 1.91 bits per heavy atom. The zero-order valence-electron chi connectivity index (χ0n) is 5.87. The molecule has 11 heavy (non-hydrogen) atoms. The normalized spacial score (nSPS) is 12.8. The fraction of sp³-hybridized carbons (Fsp3) is 0.333. The zero-order valence-corrected chi connectivity index (χ0v) is 5.87. The molecule has 1 aromatic heterocycles. The molecule has 1 radical (unpaired) electrons. The number of rotatable bonds is 4. The first-order valence-corrected chi connectivity index (χ1v) is 3.18. The fourth-order valence-electron chi connectivity index (χ4n) is 0.746. The van der Waals surface area contributed by atoms with E-state index in [9.17, 15) is 4.79 Å². The van der Waals surface area contributed by atoms with Crippen molar-refractivity contribution in [1.29, 1.82) is 0 Å². The molecule has 0 spiro atoms. The number of hydrogen-bond donors (Lipinski definition) is 3. The Morgan fingerprint density at radius 2 is 2.73 bits per heavy atom. The Bertz CT molecular complexity index is 208. The molecule has 5 heteroatoms. The first-order valence-electron chi connectivity index (χ1n) is 3.18. The average molecular weight is 153 g/mol. The molecule has 0 amide bonds. The maximum atomic E-state index is 10.2. The van der Waals surface area contributed by atoms with Crippen LogP contribution < -0.4 is 11.3 Å². The molecule has 0 aliphatic carbocycles. The van der Waals surface area contributed by atoms with Crippen molar-refractivity contribution in [3.8, 4) is 0 Å². The lowest BCUT2D eigenvalue weighted by atomic mass is 10.2. The number of nitrogens with zero attached hydrogens (tertiary/aromatic N) is 1. The second-order valence-corrected chi connectivity index (χ2v) is 2.10. The van der Waals surface area contributed by atoms with E-state index in [-0.39, 0.29) is 0 Å². The Kier molecular flexibility index (Phi) is 2.76. The summed E-state index contributed by atoms with van der Waals surface area (Å²) in [4.78, 5) is 16.9. The second-order valence-electron chi connectivity index (χ2n) is 2.10. The first-order chi connectivity index (χ1) is 5.36. The maximum absolute atomic E-state index is 10.2. The minimum Gasteiger partial charge on any atom is -0.351 e. The summed E-state index contributed by atoms with van der Waals surface area (Å²) < 4.78 is 0. The number of carbonyl (C=O) groups excluding carboxylic acids is 1. The number of aromatic nitrogens is 2. The van der Waals surface area contributed by atoms with E-state index in [0.717, 1.165) is 5.69 Å². The molecule has 0 fully saturated rings. The predicted molar refractivity (Wildman–Crippen MR) is 39.1 cm³/mol. The van der Waals surface area contributed by atoms with Crippen molar-refractivity contribution >= 4 is 6.29 Å². The summed E-state index contributed by atoms with van der Waals surface area (Å²) in [5, 5.41) is 0. The highest BCUT2D eigenvalue weighted by atomic mass is 16.1. The van der Waals surface area contributed by atoms with Crippen molar-refractivity contribution in [1.82, 2.24) is 15.4 Å². The lowest BCUT2D eigenvalue weighted by Gasteiger charge is -2.03. The van der Waals surface area contributed by atoms with E-state index in [1.807, 2.05) is 0 Å². The Balaban J connectivity index is 2.47. The summed E-state index contributed by atoms with van der Waals surface area (Å²) in [5.74, 6) is 5.05. The van der Waals surface area contributed by atoms with Crippen LogP contribution in [0, 0.1) is 0 Å². The lowest BCUT2D eigenvalue weighted by molar-refractivity contribution is 0.516. The van der Waals surface area contributed by atoms with Gasteiger partial charge in [0.2, 0.25) is 6.29 Å². The van der Waals surface area contributed by atoms with Crippen LogP contribution in [-0.4, -0.2) is 22.3 Å². The van der Waals surface area contributed by atoms with Crippen LogP contribution in [0.2, 0.25) is 0 Å². The lowest BCUT2D eigenvalue weighted by Crippen LogP contribution is -2.37. The summed E-state index contributed by atoms with van der Waals surface area (Å²) in [6, 6.07) is -0.474.